The molecule has 2 heteroatoms. The molecule has 1 atom stereocenters. The van der Waals surface area contributed by atoms with E-state index < -0.39 is 0 Å². The Labute approximate surface area is 84.7 Å². The highest BCUT2D eigenvalue weighted by atomic mass is 32.2. The molecule has 1 nitrogen and oxygen atoms in total. The second kappa shape index (κ2) is 4.50. The number of ketones is 1. The second-order valence-electron chi connectivity index (χ2n) is 4.30. The van der Waals surface area contributed by atoms with Crippen LogP contribution in [0.4, 0.5) is 0 Å². The average Bonchev–Trinajstić information content (AvgIpc) is 2.71. The summed E-state index contributed by atoms with van der Waals surface area (Å²) in [5.74, 6) is 3.79. The number of Topliss-reactive ketones (excluding diaryl/α,β-unsaturated/α-hetero) is 1. The van der Waals surface area contributed by atoms with Gasteiger partial charge in [-0.1, -0.05) is 19.3 Å². The van der Waals surface area contributed by atoms with Crippen molar-refractivity contribution < 1.29 is 4.79 Å². The average molecular weight is 198 g/mol. The first kappa shape index (κ1) is 9.57. The summed E-state index contributed by atoms with van der Waals surface area (Å²) < 4.78 is 0. The maximum absolute atomic E-state index is 12.0. The first-order valence-electron chi connectivity index (χ1n) is 5.49. The van der Waals surface area contributed by atoms with Gasteiger partial charge in [-0.15, -0.1) is 0 Å². The van der Waals surface area contributed by atoms with Crippen LogP contribution in [0, 0.1) is 11.8 Å². The van der Waals surface area contributed by atoms with E-state index in [0.29, 0.717) is 17.6 Å². The zero-order chi connectivity index (χ0) is 9.10. The number of carbonyl (C=O) groups excluding carboxylic acids is 1. The molecule has 2 fully saturated rings. The Balaban J connectivity index is 1.87. The summed E-state index contributed by atoms with van der Waals surface area (Å²) in [6.45, 7) is 0. The fourth-order valence-electron chi connectivity index (χ4n) is 2.48. The van der Waals surface area contributed by atoms with Crippen LogP contribution < -0.4 is 0 Å². The lowest BCUT2D eigenvalue weighted by Gasteiger charge is -2.22. The quantitative estimate of drug-likeness (QED) is 0.678. The molecule has 13 heavy (non-hydrogen) atoms. The molecule has 0 aromatic carbocycles. The van der Waals surface area contributed by atoms with Crippen molar-refractivity contribution in [3.63, 3.8) is 0 Å². The number of carbonyl (C=O) groups is 1. The lowest BCUT2D eigenvalue weighted by atomic mass is 9.81. The standard InChI is InChI=1S/C11H18OS/c12-11(10-6-7-13-8-10)9-4-2-1-3-5-9/h9-10H,1-8H2. The van der Waals surface area contributed by atoms with Crippen LogP contribution in [0.15, 0.2) is 0 Å². The van der Waals surface area contributed by atoms with E-state index in [-0.39, 0.29) is 0 Å². The molecule has 0 aromatic rings. The summed E-state index contributed by atoms with van der Waals surface area (Å²) in [5, 5.41) is 0. The molecule has 2 aliphatic rings. The molecule has 0 N–H and O–H groups in total. The molecule has 0 bridgehead atoms. The number of rotatable bonds is 2. The molecule has 74 valence electrons. The third kappa shape index (κ3) is 2.28. The van der Waals surface area contributed by atoms with E-state index in [1.54, 1.807) is 0 Å². The van der Waals surface area contributed by atoms with E-state index in [2.05, 4.69) is 0 Å². The highest BCUT2D eigenvalue weighted by molar-refractivity contribution is 7.99. The lowest BCUT2D eigenvalue weighted by molar-refractivity contribution is -0.127. The zero-order valence-electron chi connectivity index (χ0n) is 8.13. The minimum atomic E-state index is 0.424. The maximum atomic E-state index is 12.0. The predicted octanol–water partition coefficient (Wildman–Crippen LogP) is 2.89. The first-order valence-corrected chi connectivity index (χ1v) is 6.65. The molecule has 0 amide bonds. The summed E-state index contributed by atoms with van der Waals surface area (Å²) in [6.07, 6.45) is 7.44. The summed E-state index contributed by atoms with van der Waals surface area (Å²) in [5.41, 5.74) is 0. The Morgan fingerprint density at radius 3 is 2.38 bits per heavy atom. The molecule has 1 saturated carbocycles. The van der Waals surface area contributed by atoms with Crippen molar-refractivity contribution in [2.45, 2.75) is 38.5 Å². The Bertz CT molecular complexity index is 179. The van der Waals surface area contributed by atoms with Gasteiger partial charge in [0, 0.05) is 17.6 Å². The molecule has 1 heterocycles. The normalized spacial score (nSPS) is 30.6. The predicted molar refractivity (Wildman–Crippen MR) is 57.0 cm³/mol. The van der Waals surface area contributed by atoms with Crippen molar-refractivity contribution in [1.29, 1.82) is 0 Å². The van der Waals surface area contributed by atoms with Crippen LogP contribution in [0.5, 0.6) is 0 Å². The van der Waals surface area contributed by atoms with Crippen LogP contribution in [-0.2, 0) is 4.79 Å². The topological polar surface area (TPSA) is 17.1 Å². The molecular formula is C11H18OS. The number of hydrogen-bond donors (Lipinski definition) is 0. The Morgan fingerprint density at radius 2 is 1.77 bits per heavy atom. The zero-order valence-corrected chi connectivity index (χ0v) is 8.94. The third-order valence-corrected chi connectivity index (χ3v) is 4.50. The minimum Gasteiger partial charge on any atom is -0.299 e. The van der Waals surface area contributed by atoms with Crippen molar-refractivity contribution >= 4 is 17.5 Å². The smallest absolute Gasteiger partial charge is 0.139 e. The van der Waals surface area contributed by atoms with Crippen LogP contribution >= 0.6 is 11.8 Å². The maximum Gasteiger partial charge on any atom is 0.139 e. The summed E-state index contributed by atoms with van der Waals surface area (Å²) in [6, 6.07) is 0. The summed E-state index contributed by atoms with van der Waals surface area (Å²) >= 11 is 1.95. The van der Waals surface area contributed by atoms with Crippen molar-refractivity contribution in [2.24, 2.45) is 11.8 Å². The van der Waals surface area contributed by atoms with Gasteiger partial charge < -0.3 is 0 Å². The van der Waals surface area contributed by atoms with Gasteiger partial charge in [-0.2, -0.15) is 11.8 Å². The van der Waals surface area contributed by atoms with Crippen LogP contribution in [0.2, 0.25) is 0 Å². The van der Waals surface area contributed by atoms with Gasteiger partial charge in [-0.25, -0.2) is 0 Å². The van der Waals surface area contributed by atoms with Gasteiger partial charge in [-0.3, -0.25) is 4.79 Å². The van der Waals surface area contributed by atoms with Crippen molar-refractivity contribution in [1.82, 2.24) is 0 Å². The van der Waals surface area contributed by atoms with E-state index in [9.17, 15) is 4.79 Å². The molecule has 0 spiro atoms. The third-order valence-electron chi connectivity index (χ3n) is 3.34. The van der Waals surface area contributed by atoms with Crippen molar-refractivity contribution in [3.05, 3.63) is 0 Å². The Morgan fingerprint density at radius 1 is 1.00 bits per heavy atom. The molecule has 1 aliphatic heterocycles. The van der Waals surface area contributed by atoms with Gasteiger partial charge in [0.05, 0.1) is 0 Å². The highest BCUT2D eigenvalue weighted by Gasteiger charge is 2.29. The number of thioether (sulfide) groups is 1. The molecule has 1 unspecified atom stereocenters. The van der Waals surface area contributed by atoms with Crippen LogP contribution in [0.1, 0.15) is 38.5 Å². The second-order valence-corrected chi connectivity index (χ2v) is 5.45. The minimum absolute atomic E-state index is 0.424. The molecule has 1 saturated heterocycles. The van der Waals surface area contributed by atoms with E-state index in [1.807, 2.05) is 11.8 Å². The first-order chi connectivity index (χ1) is 6.38. The van der Waals surface area contributed by atoms with E-state index in [4.69, 9.17) is 0 Å². The summed E-state index contributed by atoms with van der Waals surface area (Å²) in [4.78, 5) is 12.0. The Kier molecular flexibility index (Phi) is 3.31. The van der Waals surface area contributed by atoms with Gasteiger partial charge >= 0.3 is 0 Å². The molecule has 1 aliphatic carbocycles. The van der Waals surface area contributed by atoms with Crippen molar-refractivity contribution in [3.8, 4) is 0 Å². The molecule has 0 aromatic heterocycles. The van der Waals surface area contributed by atoms with Gasteiger partial charge in [0.1, 0.15) is 5.78 Å². The fourth-order valence-corrected chi connectivity index (χ4v) is 3.71. The van der Waals surface area contributed by atoms with E-state index in [1.165, 1.54) is 37.9 Å². The van der Waals surface area contributed by atoms with Gasteiger partial charge in [0.15, 0.2) is 0 Å². The highest BCUT2D eigenvalue weighted by Crippen LogP contribution is 2.32. The lowest BCUT2D eigenvalue weighted by Crippen LogP contribution is -2.25. The SMILES string of the molecule is O=C(C1CCCCC1)C1CCSC1. The van der Waals surface area contributed by atoms with Crippen LogP contribution in [0.3, 0.4) is 0 Å². The number of hydrogen-bond acceptors (Lipinski definition) is 2. The monoisotopic (exact) mass is 198 g/mol. The van der Waals surface area contributed by atoms with Crippen LogP contribution in [0.25, 0.3) is 0 Å². The molecular weight excluding hydrogens is 180 g/mol. The Hall–Kier alpha value is 0.0200. The van der Waals surface area contributed by atoms with Crippen LogP contribution in [-0.4, -0.2) is 17.3 Å². The van der Waals surface area contributed by atoms with Gasteiger partial charge in [0.25, 0.3) is 0 Å². The largest absolute Gasteiger partial charge is 0.299 e. The molecule has 0 radical (unpaired) electrons. The van der Waals surface area contributed by atoms with Crippen molar-refractivity contribution in [2.75, 3.05) is 11.5 Å². The van der Waals surface area contributed by atoms with Gasteiger partial charge in [0.2, 0.25) is 0 Å². The fraction of sp³-hybridized carbons (Fsp3) is 0.909. The molecule has 2 rings (SSSR count). The summed E-state index contributed by atoms with van der Waals surface area (Å²) in [7, 11) is 0. The van der Waals surface area contributed by atoms with Gasteiger partial charge in [-0.05, 0) is 25.0 Å². The van der Waals surface area contributed by atoms with E-state index in [0.717, 1.165) is 12.2 Å². The van der Waals surface area contributed by atoms with E-state index >= 15 is 0 Å².